The minimum atomic E-state index is -1.03. The van der Waals surface area contributed by atoms with E-state index in [1.54, 1.807) is 9.80 Å². The largest absolute Gasteiger partial charge is 0.491 e. The predicted molar refractivity (Wildman–Crippen MR) is 103 cm³/mol. The van der Waals surface area contributed by atoms with Gasteiger partial charge in [0.1, 0.15) is 18.0 Å². The van der Waals surface area contributed by atoms with E-state index < -0.39 is 5.60 Å². The minimum absolute atomic E-state index is 0.000921. The predicted octanol–water partition coefficient (Wildman–Crippen LogP) is 2.05. The molecule has 1 unspecified atom stereocenters. The lowest BCUT2D eigenvalue weighted by molar-refractivity contribution is -0.140. The van der Waals surface area contributed by atoms with E-state index in [0.717, 1.165) is 30.7 Å². The highest BCUT2D eigenvalue weighted by molar-refractivity contribution is 5.80. The average molecular weight is 374 g/mol. The van der Waals surface area contributed by atoms with Gasteiger partial charge in [-0.2, -0.15) is 0 Å². The summed E-state index contributed by atoms with van der Waals surface area (Å²) < 4.78 is 5.83. The van der Waals surface area contributed by atoms with E-state index in [4.69, 9.17) is 4.74 Å². The van der Waals surface area contributed by atoms with Crippen LogP contribution in [0.3, 0.4) is 0 Å². The summed E-state index contributed by atoms with van der Waals surface area (Å²) in [4.78, 5) is 27.7. The fourth-order valence-corrected chi connectivity index (χ4v) is 3.79. The molecular formula is C21H30N2O4. The highest BCUT2D eigenvalue weighted by atomic mass is 16.5. The number of piperidine rings is 1. The van der Waals surface area contributed by atoms with Gasteiger partial charge in [0.05, 0.1) is 6.54 Å². The van der Waals surface area contributed by atoms with E-state index in [0.29, 0.717) is 32.4 Å². The molecule has 0 aromatic heterocycles. The fraction of sp³-hybridized carbons (Fsp3) is 0.619. The van der Waals surface area contributed by atoms with Gasteiger partial charge >= 0.3 is 0 Å². The second-order valence-corrected chi connectivity index (χ2v) is 7.91. The van der Waals surface area contributed by atoms with Crippen molar-refractivity contribution in [1.29, 1.82) is 0 Å². The molecule has 1 aromatic carbocycles. The Morgan fingerprint density at radius 3 is 2.74 bits per heavy atom. The molecule has 2 fully saturated rings. The first-order valence-electron chi connectivity index (χ1n) is 9.84. The van der Waals surface area contributed by atoms with E-state index in [9.17, 15) is 14.7 Å². The van der Waals surface area contributed by atoms with Crippen LogP contribution in [0.4, 0.5) is 0 Å². The van der Waals surface area contributed by atoms with Gasteiger partial charge in [-0.15, -0.1) is 0 Å². The van der Waals surface area contributed by atoms with Crippen molar-refractivity contribution >= 4 is 11.8 Å². The number of aliphatic hydroxyl groups is 1. The molecule has 2 saturated heterocycles. The third kappa shape index (κ3) is 5.01. The van der Waals surface area contributed by atoms with E-state index in [2.05, 4.69) is 0 Å². The number of likely N-dealkylation sites (tertiary alicyclic amines) is 2. The highest BCUT2D eigenvalue weighted by Gasteiger charge is 2.36. The first kappa shape index (κ1) is 19.7. The zero-order valence-electron chi connectivity index (χ0n) is 16.4. The maximum atomic E-state index is 12.5. The number of rotatable bonds is 6. The lowest BCUT2D eigenvalue weighted by atomic mass is 9.93. The lowest BCUT2D eigenvalue weighted by Crippen LogP contribution is -2.53. The summed E-state index contributed by atoms with van der Waals surface area (Å²) in [7, 11) is 0. The van der Waals surface area contributed by atoms with Crippen LogP contribution in [0.2, 0.25) is 0 Å². The molecule has 0 spiro atoms. The minimum Gasteiger partial charge on any atom is -0.491 e. The Hall–Kier alpha value is -2.08. The number of benzene rings is 1. The summed E-state index contributed by atoms with van der Waals surface area (Å²) in [6, 6.07) is 5.88. The van der Waals surface area contributed by atoms with Crippen molar-refractivity contribution in [2.75, 3.05) is 32.8 Å². The van der Waals surface area contributed by atoms with Crippen LogP contribution in [-0.4, -0.2) is 65.1 Å². The molecule has 6 heteroatoms. The van der Waals surface area contributed by atoms with Crippen molar-refractivity contribution in [2.45, 2.75) is 51.6 Å². The molecule has 1 atom stereocenters. The molecule has 2 aliphatic rings. The highest BCUT2D eigenvalue weighted by Crippen LogP contribution is 2.24. The van der Waals surface area contributed by atoms with Gasteiger partial charge in [0.2, 0.25) is 11.8 Å². The first-order chi connectivity index (χ1) is 12.9. The Morgan fingerprint density at radius 1 is 1.22 bits per heavy atom. The van der Waals surface area contributed by atoms with Crippen LogP contribution >= 0.6 is 0 Å². The average Bonchev–Trinajstić information content (AvgIpc) is 3.06. The van der Waals surface area contributed by atoms with Crippen molar-refractivity contribution in [1.82, 2.24) is 9.80 Å². The maximum Gasteiger partial charge on any atom is 0.224 e. The Labute approximate surface area is 161 Å². The van der Waals surface area contributed by atoms with Gasteiger partial charge in [0, 0.05) is 32.5 Å². The molecule has 2 amide bonds. The smallest absolute Gasteiger partial charge is 0.224 e. The standard InChI is InChI=1S/C21H30N2O4/c1-16-6-7-18(13-17(16)2)27-15-21(26)9-4-11-23(14-21)20(25)8-12-22-10-3-5-19(22)24/h6-7,13,26H,3-5,8-12,14-15H2,1-2H3. The quantitative estimate of drug-likeness (QED) is 0.827. The van der Waals surface area contributed by atoms with Gasteiger partial charge in [0.15, 0.2) is 0 Å². The molecule has 0 radical (unpaired) electrons. The molecular weight excluding hydrogens is 344 g/mol. The molecule has 6 nitrogen and oxygen atoms in total. The Bertz CT molecular complexity index is 705. The number of hydrogen-bond donors (Lipinski definition) is 1. The van der Waals surface area contributed by atoms with E-state index in [1.807, 2.05) is 32.0 Å². The van der Waals surface area contributed by atoms with Crippen LogP contribution in [-0.2, 0) is 9.59 Å². The number of amides is 2. The number of aryl methyl sites for hydroxylation is 2. The van der Waals surface area contributed by atoms with Crippen molar-refractivity contribution in [2.24, 2.45) is 0 Å². The monoisotopic (exact) mass is 374 g/mol. The molecule has 0 saturated carbocycles. The van der Waals surface area contributed by atoms with E-state index in [1.165, 1.54) is 5.56 Å². The van der Waals surface area contributed by atoms with Gasteiger partial charge in [-0.1, -0.05) is 6.07 Å². The second-order valence-electron chi connectivity index (χ2n) is 7.91. The van der Waals surface area contributed by atoms with Crippen LogP contribution in [0, 0.1) is 13.8 Å². The molecule has 0 bridgehead atoms. The third-order valence-corrected chi connectivity index (χ3v) is 5.66. The van der Waals surface area contributed by atoms with Crippen molar-refractivity contribution in [3.8, 4) is 5.75 Å². The number of ether oxygens (including phenoxy) is 1. The van der Waals surface area contributed by atoms with Gasteiger partial charge in [0.25, 0.3) is 0 Å². The van der Waals surface area contributed by atoms with Crippen molar-refractivity contribution < 1.29 is 19.4 Å². The fourth-order valence-electron chi connectivity index (χ4n) is 3.79. The lowest BCUT2D eigenvalue weighted by Gasteiger charge is -2.39. The van der Waals surface area contributed by atoms with Crippen LogP contribution in [0.5, 0.6) is 5.75 Å². The maximum absolute atomic E-state index is 12.5. The topological polar surface area (TPSA) is 70.1 Å². The number of hydrogen-bond acceptors (Lipinski definition) is 4. The van der Waals surface area contributed by atoms with Crippen molar-refractivity contribution in [3.63, 3.8) is 0 Å². The molecule has 27 heavy (non-hydrogen) atoms. The van der Waals surface area contributed by atoms with Gasteiger partial charge in [-0.05, 0) is 56.4 Å². The van der Waals surface area contributed by atoms with Gasteiger partial charge in [-0.3, -0.25) is 9.59 Å². The second kappa shape index (κ2) is 8.30. The SMILES string of the molecule is Cc1ccc(OCC2(O)CCCN(C(=O)CCN3CCCC3=O)C2)cc1C. The Balaban J connectivity index is 1.51. The summed E-state index contributed by atoms with van der Waals surface area (Å²) >= 11 is 0. The van der Waals surface area contributed by atoms with Crippen LogP contribution < -0.4 is 4.74 Å². The Morgan fingerprint density at radius 2 is 2.04 bits per heavy atom. The van der Waals surface area contributed by atoms with E-state index in [-0.39, 0.29) is 25.0 Å². The summed E-state index contributed by atoms with van der Waals surface area (Å²) in [5.41, 5.74) is 1.32. The normalized spacial score (nSPS) is 23.0. The molecule has 1 aromatic rings. The number of nitrogens with zero attached hydrogens (tertiary/aromatic N) is 2. The molecule has 3 rings (SSSR count). The summed E-state index contributed by atoms with van der Waals surface area (Å²) in [5, 5.41) is 10.9. The van der Waals surface area contributed by atoms with Crippen molar-refractivity contribution in [3.05, 3.63) is 29.3 Å². The summed E-state index contributed by atoms with van der Waals surface area (Å²) in [6.45, 7) is 6.41. The number of carbonyl (C=O) groups is 2. The zero-order valence-corrected chi connectivity index (χ0v) is 16.4. The van der Waals surface area contributed by atoms with E-state index >= 15 is 0 Å². The third-order valence-electron chi connectivity index (χ3n) is 5.66. The van der Waals surface area contributed by atoms with Gasteiger partial charge in [-0.25, -0.2) is 0 Å². The molecule has 2 aliphatic heterocycles. The number of β-amino-alcohol motifs (C(OH)–C–C–N with tert-alkyl or cyclic N) is 1. The Kier molecular flexibility index (Phi) is 6.05. The molecule has 148 valence electrons. The number of carbonyl (C=O) groups excluding carboxylic acids is 2. The van der Waals surface area contributed by atoms with Crippen LogP contribution in [0.25, 0.3) is 0 Å². The molecule has 0 aliphatic carbocycles. The summed E-state index contributed by atoms with van der Waals surface area (Å²) in [6.07, 6.45) is 3.16. The van der Waals surface area contributed by atoms with Crippen LogP contribution in [0.15, 0.2) is 18.2 Å². The zero-order chi connectivity index (χ0) is 19.4. The van der Waals surface area contributed by atoms with Crippen LogP contribution in [0.1, 0.15) is 43.2 Å². The molecule has 1 N–H and O–H groups in total. The molecule has 2 heterocycles. The summed E-state index contributed by atoms with van der Waals surface area (Å²) in [5.74, 6) is 0.876. The first-order valence-corrected chi connectivity index (χ1v) is 9.84. The van der Waals surface area contributed by atoms with Gasteiger partial charge < -0.3 is 19.6 Å².